The fourth-order valence-corrected chi connectivity index (χ4v) is 1.61. The summed E-state index contributed by atoms with van der Waals surface area (Å²) in [7, 11) is 3.15. The van der Waals surface area contributed by atoms with E-state index in [9.17, 15) is 4.79 Å². The Kier molecular flexibility index (Phi) is 6.04. The van der Waals surface area contributed by atoms with E-state index < -0.39 is 17.7 Å². The summed E-state index contributed by atoms with van der Waals surface area (Å²) in [6.45, 7) is 6.09. The number of rotatable bonds is 6. The molecule has 1 rings (SSSR count). The predicted octanol–water partition coefficient (Wildman–Crippen LogP) is 2.64. The Hall–Kier alpha value is -1.53. The predicted molar refractivity (Wildman–Crippen MR) is 73.4 cm³/mol. The zero-order valence-corrected chi connectivity index (χ0v) is 12.7. The van der Waals surface area contributed by atoms with Crippen LogP contribution in [0.2, 0.25) is 0 Å². The number of nitrogens with one attached hydrogen (secondary N) is 1. The molecule has 1 N–H and O–H groups in total. The first kappa shape index (κ1) is 16.5. The van der Waals surface area contributed by atoms with Crippen LogP contribution in [-0.2, 0) is 20.8 Å². The van der Waals surface area contributed by atoms with Gasteiger partial charge >= 0.3 is 6.09 Å². The third kappa shape index (κ3) is 5.63. The maximum atomic E-state index is 11.8. The number of amides is 1. The molecule has 20 heavy (non-hydrogen) atoms. The van der Waals surface area contributed by atoms with Crippen LogP contribution in [0.4, 0.5) is 4.79 Å². The number of furan rings is 1. The summed E-state index contributed by atoms with van der Waals surface area (Å²) in [6, 6.07) is 3.19. The van der Waals surface area contributed by atoms with Crippen molar-refractivity contribution in [1.82, 2.24) is 5.32 Å². The average molecular weight is 285 g/mol. The molecule has 6 nitrogen and oxygen atoms in total. The zero-order valence-electron chi connectivity index (χ0n) is 12.7. The van der Waals surface area contributed by atoms with Crippen molar-refractivity contribution in [3.63, 3.8) is 0 Å². The number of carbonyl (C=O) groups excluding carboxylic acids is 1. The van der Waals surface area contributed by atoms with Crippen LogP contribution in [0.1, 0.15) is 38.3 Å². The standard InChI is InChI=1S/C14H23NO5/c1-14(2,3)20-13(16)15-11(9-18-5)12-7-6-10(19-12)8-17-4/h6-7,11H,8-9H2,1-5H3,(H,15,16). The molecule has 1 aromatic rings. The van der Waals surface area contributed by atoms with Crippen molar-refractivity contribution in [2.45, 2.75) is 39.0 Å². The number of methoxy groups -OCH3 is 2. The molecule has 0 saturated heterocycles. The van der Waals surface area contributed by atoms with Gasteiger partial charge in [-0.1, -0.05) is 0 Å². The van der Waals surface area contributed by atoms with Gasteiger partial charge < -0.3 is 23.9 Å². The van der Waals surface area contributed by atoms with Crippen LogP contribution in [0.5, 0.6) is 0 Å². The minimum absolute atomic E-state index is 0.291. The van der Waals surface area contributed by atoms with Gasteiger partial charge in [0.2, 0.25) is 0 Å². The van der Waals surface area contributed by atoms with Crippen molar-refractivity contribution >= 4 is 6.09 Å². The Balaban J connectivity index is 2.70. The first-order valence-electron chi connectivity index (χ1n) is 6.41. The maximum absolute atomic E-state index is 11.8. The van der Waals surface area contributed by atoms with E-state index in [-0.39, 0.29) is 0 Å². The highest BCUT2D eigenvalue weighted by atomic mass is 16.6. The normalized spacial score (nSPS) is 13.1. The fraction of sp³-hybridized carbons (Fsp3) is 0.643. The number of hydrogen-bond donors (Lipinski definition) is 1. The van der Waals surface area contributed by atoms with Crippen LogP contribution in [0.3, 0.4) is 0 Å². The van der Waals surface area contributed by atoms with Gasteiger partial charge in [0.05, 0.1) is 6.61 Å². The number of ether oxygens (including phenoxy) is 3. The van der Waals surface area contributed by atoms with Crippen molar-refractivity contribution in [2.75, 3.05) is 20.8 Å². The van der Waals surface area contributed by atoms with Crippen LogP contribution in [0, 0.1) is 0 Å². The minimum atomic E-state index is -0.550. The van der Waals surface area contributed by atoms with E-state index in [0.29, 0.717) is 24.7 Å². The molecule has 0 aromatic carbocycles. The molecule has 1 amide bonds. The molecule has 1 atom stereocenters. The molecule has 1 heterocycles. The molecule has 0 radical (unpaired) electrons. The van der Waals surface area contributed by atoms with Crippen LogP contribution in [0.25, 0.3) is 0 Å². The van der Waals surface area contributed by atoms with Gasteiger partial charge in [-0.15, -0.1) is 0 Å². The second-order valence-electron chi connectivity index (χ2n) is 5.39. The summed E-state index contributed by atoms with van der Waals surface area (Å²) in [5.74, 6) is 1.29. The monoisotopic (exact) mass is 285 g/mol. The summed E-state index contributed by atoms with van der Waals surface area (Å²) < 4.78 is 20.9. The first-order chi connectivity index (χ1) is 9.35. The van der Waals surface area contributed by atoms with Gasteiger partial charge in [-0.3, -0.25) is 0 Å². The number of carbonyl (C=O) groups is 1. The van der Waals surface area contributed by atoms with E-state index in [1.807, 2.05) is 20.8 Å². The van der Waals surface area contributed by atoms with Crippen molar-refractivity contribution in [3.05, 3.63) is 23.7 Å². The molecule has 0 fully saturated rings. The number of hydrogen-bond acceptors (Lipinski definition) is 5. The Morgan fingerprint density at radius 1 is 1.30 bits per heavy atom. The summed E-state index contributed by atoms with van der Waals surface area (Å²) in [5.41, 5.74) is -0.550. The SMILES string of the molecule is COCc1ccc(C(COC)NC(=O)OC(C)(C)C)o1. The van der Waals surface area contributed by atoms with E-state index in [1.165, 1.54) is 0 Å². The van der Waals surface area contributed by atoms with E-state index >= 15 is 0 Å². The lowest BCUT2D eigenvalue weighted by Crippen LogP contribution is -2.36. The highest BCUT2D eigenvalue weighted by Crippen LogP contribution is 2.18. The molecule has 0 aliphatic heterocycles. The smallest absolute Gasteiger partial charge is 0.408 e. The summed E-state index contributed by atoms with van der Waals surface area (Å²) in [4.78, 5) is 11.8. The number of alkyl carbamates (subject to hydrolysis) is 1. The Bertz CT molecular complexity index is 421. The quantitative estimate of drug-likeness (QED) is 0.870. The molecule has 0 saturated carbocycles. The Morgan fingerprint density at radius 2 is 2.00 bits per heavy atom. The summed E-state index contributed by atoms with van der Waals surface area (Å²) in [5, 5.41) is 2.73. The first-order valence-corrected chi connectivity index (χ1v) is 6.41. The minimum Gasteiger partial charge on any atom is -0.461 e. The molecule has 114 valence electrons. The Labute approximate surface area is 119 Å². The molecule has 0 spiro atoms. The van der Waals surface area contributed by atoms with Gasteiger partial charge in [0, 0.05) is 14.2 Å². The van der Waals surface area contributed by atoms with E-state index in [0.717, 1.165) is 0 Å². The van der Waals surface area contributed by atoms with Crippen LogP contribution in [0.15, 0.2) is 16.5 Å². The molecule has 0 aliphatic carbocycles. The van der Waals surface area contributed by atoms with Gasteiger partial charge in [-0.25, -0.2) is 4.79 Å². The molecule has 0 aliphatic rings. The third-order valence-corrected chi connectivity index (χ3v) is 2.34. The maximum Gasteiger partial charge on any atom is 0.408 e. The second-order valence-corrected chi connectivity index (χ2v) is 5.39. The third-order valence-electron chi connectivity index (χ3n) is 2.34. The molecule has 6 heteroatoms. The van der Waals surface area contributed by atoms with E-state index in [1.54, 1.807) is 26.4 Å². The zero-order chi connectivity index (χ0) is 15.2. The van der Waals surface area contributed by atoms with E-state index in [2.05, 4.69) is 5.32 Å². The molecule has 1 unspecified atom stereocenters. The fourth-order valence-electron chi connectivity index (χ4n) is 1.61. The van der Waals surface area contributed by atoms with Gasteiger partial charge in [0.25, 0.3) is 0 Å². The van der Waals surface area contributed by atoms with Gasteiger partial charge in [0.1, 0.15) is 29.8 Å². The van der Waals surface area contributed by atoms with Crippen molar-refractivity contribution in [3.8, 4) is 0 Å². The van der Waals surface area contributed by atoms with Crippen LogP contribution >= 0.6 is 0 Å². The molecular formula is C14H23NO5. The lowest BCUT2D eigenvalue weighted by atomic mass is 10.2. The van der Waals surface area contributed by atoms with E-state index in [4.69, 9.17) is 18.6 Å². The van der Waals surface area contributed by atoms with Gasteiger partial charge in [0.15, 0.2) is 0 Å². The molecule has 0 bridgehead atoms. The Morgan fingerprint density at radius 3 is 2.55 bits per heavy atom. The van der Waals surface area contributed by atoms with Crippen molar-refractivity contribution < 1.29 is 23.4 Å². The lowest BCUT2D eigenvalue weighted by molar-refractivity contribution is 0.0454. The average Bonchev–Trinajstić information content (AvgIpc) is 2.75. The summed E-state index contributed by atoms with van der Waals surface area (Å²) >= 11 is 0. The van der Waals surface area contributed by atoms with Crippen molar-refractivity contribution in [1.29, 1.82) is 0 Å². The van der Waals surface area contributed by atoms with Crippen LogP contribution in [-0.4, -0.2) is 32.5 Å². The highest BCUT2D eigenvalue weighted by molar-refractivity contribution is 5.68. The van der Waals surface area contributed by atoms with Crippen LogP contribution < -0.4 is 5.32 Å². The highest BCUT2D eigenvalue weighted by Gasteiger charge is 2.22. The second kappa shape index (κ2) is 7.31. The van der Waals surface area contributed by atoms with Gasteiger partial charge in [-0.2, -0.15) is 0 Å². The topological polar surface area (TPSA) is 69.9 Å². The largest absolute Gasteiger partial charge is 0.461 e. The molecular weight excluding hydrogens is 262 g/mol. The lowest BCUT2D eigenvalue weighted by Gasteiger charge is -2.22. The van der Waals surface area contributed by atoms with Crippen molar-refractivity contribution in [2.24, 2.45) is 0 Å². The molecule has 1 aromatic heterocycles. The summed E-state index contributed by atoms with van der Waals surface area (Å²) in [6.07, 6.45) is -0.510. The van der Waals surface area contributed by atoms with Gasteiger partial charge in [-0.05, 0) is 32.9 Å².